The fourth-order valence-corrected chi connectivity index (χ4v) is 3.13. The summed E-state index contributed by atoms with van der Waals surface area (Å²) in [5.74, 6) is 1.32. The van der Waals surface area contributed by atoms with Gasteiger partial charge >= 0.3 is 0 Å². The van der Waals surface area contributed by atoms with Crippen molar-refractivity contribution in [3.05, 3.63) is 53.7 Å². The molecule has 0 bridgehead atoms. The lowest BCUT2D eigenvalue weighted by Crippen LogP contribution is -2.41. The molecule has 1 N–H and O–H groups in total. The van der Waals surface area contributed by atoms with Crippen LogP contribution in [0.15, 0.2) is 42.5 Å². The van der Waals surface area contributed by atoms with E-state index in [4.69, 9.17) is 9.47 Å². The summed E-state index contributed by atoms with van der Waals surface area (Å²) < 4.78 is 11.4. The van der Waals surface area contributed by atoms with Gasteiger partial charge < -0.3 is 14.8 Å². The van der Waals surface area contributed by atoms with Crippen LogP contribution in [0.2, 0.25) is 0 Å². The second kappa shape index (κ2) is 7.13. The minimum Gasteiger partial charge on any atom is -0.487 e. The SMILES string of the molecule is CCOc1cccc(CC(=O)NC2CC(C)(C)Oc3ccccc32)n1. The smallest absolute Gasteiger partial charge is 0.226 e. The molecule has 132 valence electrons. The maximum Gasteiger partial charge on any atom is 0.226 e. The van der Waals surface area contributed by atoms with Gasteiger partial charge in [-0.3, -0.25) is 4.79 Å². The Bertz CT molecular complexity index is 758. The average molecular weight is 340 g/mol. The first-order chi connectivity index (χ1) is 12.0. The van der Waals surface area contributed by atoms with E-state index < -0.39 is 0 Å². The fourth-order valence-electron chi connectivity index (χ4n) is 3.13. The topological polar surface area (TPSA) is 60.5 Å². The number of nitrogens with one attached hydrogen (secondary N) is 1. The van der Waals surface area contributed by atoms with Crippen molar-refractivity contribution in [1.29, 1.82) is 0 Å². The fraction of sp³-hybridized carbons (Fsp3) is 0.400. The Hall–Kier alpha value is -2.56. The molecule has 0 radical (unpaired) electrons. The van der Waals surface area contributed by atoms with Crippen LogP contribution in [0.25, 0.3) is 0 Å². The minimum absolute atomic E-state index is 0.0568. The van der Waals surface area contributed by atoms with Crippen LogP contribution in [-0.2, 0) is 11.2 Å². The van der Waals surface area contributed by atoms with Crippen molar-refractivity contribution in [2.45, 2.75) is 45.3 Å². The Morgan fingerprint density at radius 3 is 2.88 bits per heavy atom. The van der Waals surface area contributed by atoms with Gasteiger partial charge in [0.25, 0.3) is 0 Å². The quantitative estimate of drug-likeness (QED) is 0.906. The van der Waals surface area contributed by atoms with E-state index in [0.29, 0.717) is 18.2 Å². The van der Waals surface area contributed by atoms with Crippen molar-refractivity contribution < 1.29 is 14.3 Å². The highest BCUT2D eigenvalue weighted by Gasteiger charge is 2.34. The molecule has 1 aliphatic heterocycles. The summed E-state index contributed by atoms with van der Waals surface area (Å²) in [6.45, 7) is 6.53. The lowest BCUT2D eigenvalue weighted by Gasteiger charge is -2.37. The molecule has 5 heteroatoms. The molecule has 1 aliphatic rings. The van der Waals surface area contributed by atoms with Gasteiger partial charge in [-0.15, -0.1) is 0 Å². The third-order valence-electron chi connectivity index (χ3n) is 4.13. The summed E-state index contributed by atoms with van der Waals surface area (Å²) in [4.78, 5) is 16.9. The van der Waals surface area contributed by atoms with Crippen molar-refractivity contribution in [1.82, 2.24) is 10.3 Å². The number of amides is 1. The number of rotatable bonds is 5. The third-order valence-corrected chi connectivity index (χ3v) is 4.13. The van der Waals surface area contributed by atoms with Crippen LogP contribution in [0.3, 0.4) is 0 Å². The molecule has 5 nitrogen and oxygen atoms in total. The van der Waals surface area contributed by atoms with Crippen molar-refractivity contribution in [2.24, 2.45) is 0 Å². The Morgan fingerprint density at radius 1 is 1.28 bits per heavy atom. The number of hydrogen-bond acceptors (Lipinski definition) is 4. The normalized spacial score (nSPS) is 18.0. The Kier molecular flexibility index (Phi) is 4.93. The minimum atomic E-state index is -0.320. The zero-order chi connectivity index (χ0) is 17.9. The van der Waals surface area contributed by atoms with Crippen LogP contribution < -0.4 is 14.8 Å². The van der Waals surface area contributed by atoms with Gasteiger partial charge in [0.2, 0.25) is 11.8 Å². The van der Waals surface area contributed by atoms with E-state index in [0.717, 1.165) is 17.7 Å². The number of fused-ring (bicyclic) bond motifs is 1. The van der Waals surface area contributed by atoms with E-state index in [2.05, 4.69) is 10.3 Å². The standard InChI is InChI=1S/C20H24N2O3/c1-4-24-19-11-7-8-14(21-19)12-18(23)22-16-13-20(2,3)25-17-10-6-5-9-15(16)17/h5-11,16H,4,12-13H2,1-3H3,(H,22,23). The van der Waals surface area contributed by atoms with E-state index in [9.17, 15) is 4.79 Å². The second-order valence-electron chi connectivity index (χ2n) is 6.80. The summed E-state index contributed by atoms with van der Waals surface area (Å²) in [6, 6.07) is 13.3. The van der Waals surface area contributed by atoms with Crippen LogP contribution in [0.4, 0.5) is 0 Å². The second-order valence-corrected chi connectivity index (χ2v) is 6.80. The van der Waals surface area contributed by atoms with Gasteiger partial charge in [-0.1, -0.05) is 24.3 Å². The van der Waals surface area contributed by atoms with E-state index in [1.165, 1.54) is 0 Å². The molecule has 0 saturated carbocycles. The van der Waals surface area contributed by atoms with Gasteiger partial charge in [-0.2, -0.15) is 0 Å². The molecule has 25 heavy (non-hydrogen) atoms. The zero-order valence-electron chi connectivity index (χ0n) is 14.9. The van der Waals surface area contributed by atoms with Crippen LogP contribution in [0.5, 0.6) is 11.6 Å². The van der Waals surface area contributed by atoms with Gasteiger partial charge in [0.1, 0.15) is 11.4 Å². The summed E-state index contributed by atoms with van der Waals surface area (Å²) in [6.07, 6.45) is 0.947. The Balaban J connectivity index is 1.71. The summed E-state index contributed by atoms with van der Waals surface area (Å²) >= 11 is 0. The number of carbonyl (C=O) groups excluding carboxylic acids is 1. The molecule has 0 spiro atoms. The Morgan fingerprint density at radius 2 is 2.08 bits per heavy atom. The number of nitrogens with zero attached hydrogens (tertiary/aromatic N) is 1. The molecule has 3 rings (SSSR count). The molecular formula is C20H24N2O3. The van der Waals surface area contributed by atoms with Crippen molar-refractivity contribution in [2.75, 3.05) is 6.61 Å². The van der Waals surface area contributed by atoms with Gasteiger partial charge in [0.05, 0.1) is 24.8 Å². The molecule has 0 aliphatic carbocycles. The summed E-state index contributed by atoms with van der Waals surface area (Å²) in [5, 5.41) is 3.13. The number of ether oxygens (including phenoxy) is 2. The molecular weight excluding hydrogens is 316 g/mol. The molecule has 1 atom stereocenters. The van der Waals surface area contributed by atoms with Gasteiger partial charge in [-0.05, 0) is 32.9 Å². The molecule has 1 amide bonds. The van der Waals surface area contributed by atoms with E-state index >= 15 is 0 Å². The first-order valence-corrected chi connectivity index (χ1v) is 8.63. The van der Waals surface area contributed by atoms with Crippen LogP contribution in [-0.4, -0.2) is 23.1 Å². The number of carbonyl (C=O) groups is 1. The van der Waals surface area contributed by atoms with Gasteiger partial charge in [0.15, 0.2) is 0 Å². The van der Waals surface area contributed by atoms with Crippen molar-refractivity contribution in [3.63, 3.8) is 0 Å². The highest BCUT2D eigenvalue weighted by Crippen LogP contribution is 2.39. The maximum absolute atomic E-state index is 12.5. The lowest BCUT2D eigenvalue weighted by molar-refractivity contribution is -0.121. The number of benzene rings is 1. The first-order valence-electron chi connectivity index (χ1n) is 8.63. The summed E-state index contributed by atoms with van der Waals surface area (Å²) in [7, 11) is 0. The lowest BCUT2D eigenvalue weighted by atomic mass is 9.89. The number of aromatic nitrogens is 1. The van der Waals surface area contributed by atoms with Crippen LogP contribution in [0, 0.1) is 0 Å². The highest BCUT2D eigenvalue weighted by molar-refractivity contribution is 5.78. The van der Waals surface area contributed by atoms with E-state index in [1.54, 1.807) is 6.07 Å². The van der Waals surface area contributed by atoms with Gasteiger partial charge in [-0.25, -0.2) is 4.98 Å². The summed E-state index contributed by atoms with van der Waals surface area (Å²) in [5.41, 5.74) is 1.40. The monoisotopic (exact) mass is 340 g/mol. The third kappa shape index (κ3) is 4.29. The molecule has 0 saturated heterocycles. The number of hydrogen-bond donors (Lipinski definition) is 1. The van der Waals surface area contributed by atoms with Gasteiger partial charge in [0, 0.05) is 18.1 Å². The average Bonchev–Trinajstić information content (AvgIpc) is 2.54. The van der Waals surface area contributed by atoms with E-state index in [-0.39, 0.29) is 24.0 Å². The number of para-hydroxylation sites is 1. The zero-order valence-corrected chi connectivity index (χ0v) is 14.9. The molecule has 1 aromatic heterocycles. The predicted molar refractivity (Wildman–Crippen MR) is 95.8 cm³/mol. The van der Waals surface area contributed by atoms with Crippen LogP contribution in [0.1, 0.15) is 44.5 Å². The predicted octanol–water partition coefficient (Wildman–Crippen LogP) is 3.44. The number of pyridine rings is 1. The highest BCUT2D eigenvalue weighted by atomic mass is 16.5. The largest absolute Gasteiger partial charge is 0.487 e. The first kappa shape index (κ1) is 17.3. The van der Waals surface area contributed by atoms with Crippen molar-refractivity contribution >= 4 is 5.91 Å². The molecule has 1 unspecified atom stereocenters. The molecule has 1 aromatic carbocycles. The van der Waals surface area contributed by atoms with Crippen molar-refractivity contribution in [3.8, 4) is 11.6 Å². The Labute approximate surface area is 148 Å². The molecule has 2 aromatic rings. The molecule has 2 heterocycles. The van der Waals surface area contributed by atoms with E-state index in [1.807, 2.05) is 57.2 Å². The maximum atomic E-state index is 12.5. The van der Waals surface area contributed by atoms with Crippen LogP contribution >= 0.6 is 0 Å². The molecule has 0 fully saturated rings.